The summed E-state index contributed by atoms with van der Waals surface area (Å²) in [5.41, 5.74) is 1.000. The number of carbonyl (C=O) groups is 5. The minimum atomic E-state index is -1.52. The van der Waals surface area contributed by atoms with Gasteiger partial charge in [-0.1, -0.05) is 18.2 Å². The van der Waals surface area contributed by atoms with Crippen LogP contribution in [0.5, 0.6) is 0 Å². The number of halogens is 1. The van der Waals surface area contributed by atoms with Gasteiger partial charge in [0.2, 0.25) is 17.4 Å². The highest BCUT2D eigenvalue weighted by Crippen LogP contribution is 2.46. The van der Waals surface area contributed by atoms with Gasteiger partial charge in [-0.3, -0.25) is 14.4 Å². The number of benzene rings is 2. The quantitative estimate of drug-likeness (QED) is 0.483. The zero-order valence-corrected chi connectivity index (χ0v) is 22.2. The predicted molar refractivity (Wildman–Crippen MR) is 140 cm³/mol. The Bertz CT molecular complexity index is 1380. The van der Waals surface area contributed by atoms with Gasteiger partial charge < -0.3 is 25.6 Å². The molecule has 1 spiro atoms. The van der Waals surface area contributed by atoms with Crippen LogP contribution < -0.4 is 16.0 Å². The second-order valence-corrected chi connectivity index (χ2v) is 10.3. The van der Waals surface area contributed by atoms with Crippen LogP contribution in [0.4, 0.5) is 19.7 Å². The molecule has 2 aliphatic carbocycles. The number of nitrogens with one attached hydrogen (secondary N) is 3. The lowest BCUT2D eigenvalue weighted by Gasteiger charge is -2.43. The Labute approximate surface area is 230 Å². The number of carbonyl (C=O) groups excluding carboxylic acids is 5. The third-order valence-corrected chi connectivity index (χ3v) is 7.69. The monoisotopic (exact) mass is 551 g/mol. The Balaban J connectivity index is 1.33. The van der Waals surface area contributed by atoms with Crippen LogP contribution in [0.2, 0.25) is 0 Å². The van der Waals surface area contributed by atoms with Crippen LogP contribution in [0.1, 0.15) is 42.9 Å². The van der Waals surface area contributed by atoms with Gasteiger partial charge in [0.1, 0.15) is 12.4 Å². The van der Waals surface area contributed by atoms with Crippen molar-refractivity contribution in [2.45, 2.75) is 56.8 Å². The molecule has 0 unspecified atom stereocenters. The van der Waals surface area contributed by atoms with E-state index in [-0.39, 0.29) is 37.0 Å². The molecule has 2 aromatic rings. The summed E-state index contributed by atoms with van der Waals surface area (Å²) in [5.74, 6) is -1.63. The van der Waals surface area contributed by atoms with Crippen molar-refractivity contribution in [1.82, 2.24) is 20.4 Å². The van der Waals surface area contributed by atoms with Gasteiger partial charge in [0.15, 0.2) is 0 Å². The van der Waals surface area contributed by atoms with Crippen molar-refractivity contribution in [3.05, 3.63) is 65.0 Å². The zero-order chi connectivity index (χ0) is 28.6. The molecule has 2 fully saturated rings. The normalized spacial score (nSPS) is 22.8. The summed E-state index contributed by atoms with van der Waals surface area (Å²) in [7, 11) is 1.50. The first-order valence-corrected chi connectivity index (χ1v) is 13.1. The van der Waals surface area contributed by atoms with Crippen LogP contribution in [0.25, 0.3) is 0 Å². The van der Waals surface area contributed by atoms with Gasteiger partial charge in [0, 0.05) is 50.3 Å². The van der Waals surface area contributed by atoms with Crippen molar-refractivity contribution in [2.75, 3.05) is 18.9 Å². The van der Waals surface area contributed by atoms with E-state index in [9.17, 15) is 28.4 Å². The summed E-state index contributed by atoms with van der Waals surface area (Å²) in [6.07, 6.45) is 0.818. The maximum atomic E-state index is 13.6. The molecule has 1 saturated heterocycles. The van der Waals surface area contributed by atoms with Crippen molar-refractivity contribution in [3.63, 3.8) is 0 Å². The molecule has 5 rings (SSSR count). The van der Waals surface area contributed by atoms with Crippen molar-refractivity contribution >= 4 is 35.5 Å². The van der Waals surface area contributed by atoms with Crippen LogP contribution >= 0.6 is 0 Å². The Morgan fingerprint density at radius 3 is 2.52 bits per heavy atom. The van der Waals surface area contributed by atoms with E-state index >= 15 is 0 Å². The topological polar surface area (TPSA) is 137 Å². The summed E-state index contributed by atoms with van der Waals surface area (Å²) in [4.78, 5) is 65.7. The molecular weight excluding hydrogens is 521 g/mol. The lowest BCUT2D eigenvalue weighted by atomic mass is 9.85. The summed E-state index contributed by atoms with van der Waals surface area (Å²) in [6.45, 7) is 1.08. The highest BCUT2D eigenvalue weighted by atomic mass is 19.1. The first kappa shape index (κ1) is 27.1. The molecule has 6 amide bonds. The molecule has 11 nitrogen and oxygen atoms in total. The van der Waals surface area contributed by atoms with Crippen molar-refractivity contribution in [1.29, 1.82) is 0 Å². The molecule has 1 atom stereocenters. The highest BCUT2D eigenvalue weighted by molar-refractivity contribution is 6.06. The second-order valence-electron chi connectivity index (χ2n) is 10.3. The molecule has 3 aliphatic rings. The fourth-order valence-electron chi connectivity index (χ4n) is 5.61. The smallest absolute Gasteiger partial charge is 0.418 e. The molecule has 0 aromatic heterocycles. The van der Waals surface area contributed by atoms with Crippen LogP contribution in [0.3, 0.4) is 0 Å². The zero-order valence-electron chi connectivity index (χ0n) is 22.2. The van der Waals surface area contributed by atoms with Crippen molar-refractivity contribution < 1.29 is 33.1 Å². The van der Waals surface area contributed by atoms with E-state index in [2.05, 4.69) is 16.0 Å². The standard InChI is InChI=1S/C28H30FN5O6/c1-16(35)31-21-12-22(13-21)33(14-17-3-5-19(29)6-4-17)24(36)15-34-25(37)28(40-27(34)39)10-9-18-11-20(7-8-23(18)28)32-26(38)30-2/h3-8,11,21-22H,9-10,12-15H2,1-2H3,(H,31,35)(H2,30,32,38)/t21?,22?,28-/m1/s1. The number of hydrogen-bond donors (Lipinski definition) is 3. The van der Waals surface area contributed by atoms with Crippen LogP contribution in [-0.2, 0) is 37.7 Å². The van der Waals surface area contributed by atoms with E-state index in [0.717, 1.165) is 10.5 Å². The number of anilines is 1. The van der Waals surface area contributed by atoms with Gasteiger partial charge in [0.05, 0.1) is 0 Å². The van der Waals surface area contributed by atoms with Gasteiger partial charge in [-0.15, -0.1) is 0 Å². The number of hydrogen-bond acceptors (Lipinski definition) is 6. The van der Waals surface area contributed by atoms with E-state index in [1.54, 1.807) is 35.2 Å². The molecule has 0 bridgehead atoms. The maximum Gasteiger partial charge on any atom is 0.418 e. The lowest BCUT2D eigenvalue weighted by Crippen LogP contribution is -2.56. The second kappa shape index (κ2) is 10.6. The Hall–Kier alpha value is -4.48. The van der Waals surface area contributed by atoms with E-state index in [4.69, 9.17) is 4.74 Å². The summed E-state index contributed by atoms with van der Waals surface area (Å²) >= 11 is 0. The maximum absolute atomic E-state index is 13.6. The predicted octanol–water partition coefficient (Wildman–Crippen LogP) is 2.39. The molecule has 210 valence electrons. The fourth-order valence-corrected chi connectivity index (χ4v) is 5.61. The molecule has 0 radical (unpaired) electrons. The van der Waals surface area contributed by atoms with Crippen molar-refractivity contribution in [2.24, 2.45) is 0 Å². The minimum absolute atomic E-state index is 0.0783. The number of urea groups is 1. The number of imide groups is 1. The molecule has 40 heavy (non-hydrogen) atoms. The van der Waals surface area contributed by atoms with Crippen LogP contribution in [0.15, 0.2) is 42.5 Å². The molecule has 1 saturated carbocycles. The van der Waals surface area contributed by atoms with Crippen molar-refractivity contribution in [3.8, 4) is 0 Å². The molecule has 2 aromatic carbocycles. The fraction of sp³-hybridized carbons (Fsp3) is 0.393. The Morgan fingerprint density at radius 2 is 1.85 bits per heavy atom. The number of rotatable bonds is 7. The summed E-state index contributed by atoms with van der Waals surface area (Å²) < 4.78 is 19.1. The molecule has 1 heterocycles. The van der Waals surface area contributed by atoms with E-state index in [0.29, 0.717) is 36.1 Å². The van der Waals surface area contributed by atoms with Gasteiger partial charge in [-0.25, -0.2) is 18.9 Å². The Kier molecular flexibility index (Phi) is 7.17. The summed E-state index contributed by atoms with van der Waals surface area (Å²) in [6, 6.07) is 10.1. The Morgan fingerprint density at radius 1 is 1.12 bits per heavy atom. The third kappa shape index (κ3) is 5.08. The first-order chi connectivity index (χ1) is 19.1. The third-order valence-electron chi connectivity index (χ3n) is 7.69. The number of ether oxygens (including phenoxy) is 1. The lowest BCUT2D eigenvalue weighted by molar-refractivity contribution is -0.144. The van der Waals surface area contributed by atoms with E-state index < -0.39 is 35.9 Å². The largest absolute Gasteiger partial charge is 0.427 e. The average molecular weight is 552 g/mol. The first-order valence-electron chi connectivity index (χ1n) is 13.1. The molecular formula is C28H30FN5O6. The SMILES string of the molecule is CNC(=O)Nc1ccc2c(c1)CC[C@@]21OC(=O)N(CC(=O)N(Cc2ccc(F)cc2)C2CC(NC(C)=O)C2)C1=O. The average Bonchev–Trinajstić information content (AvgIpc) is 3.37. The van der Waals surface area contributed by atoms with Crippen LogP contribution in [-0.4, -0.2) is 65.3 Å². The minimum Gasteiger partial charge on any atom is -0.427 e. The highest BCUT2D eigenvalue weighted by Gasteiger charge is 2.58. The van der Waals surface area contributed by atoms with E-state index in [1.807, 2.05) is 0 Å². The van der Waals surface area contributed by atoms with E-state index in [1.165, 1.54) is 26.1 Å². The summed E-state index contributed by atoms with van der Waals surface area (Å²) in [5, 5.41) is 7.98. The van der Waals surface area contributed by atoms with Gasteiger partial charge in [0.25, 0.3) is 5.91 Å². The van der Waals surface area contributed by atoms with Gasteiger partial charge in [-0.05, 0) is 54.7 Å². The molecule has 12 heteroatoms. The number of amides is 6. The number of fused-ring (bicyclic) bond motifs is 2. The molecule has 3 N–H and O–H groups in total. The van der Waals surface area contributed by atoms with Crippen LogP contribution in [0, 0.1) is 5.82 Å². The van der Waals surface area contributed by atoms with Gasteiger partial charge >= 0.3 is 12.1 Å². The number of aryl methyl sites for hydroxylation is 1. The molecule has 1 aliphatic heterocycles. The number of nitrogens with zero attached hydrogens (tertiary/aromatic N) is 2. The van der Waals surface area contributed by atoms with Gasteiger partial charge in [-0.2, -0.15) is 0 Å².